The summed E-state index contributed by atoms with van der Waals surface area (Å²) >= 11 is 0. The lowest BCUT2D eigenvalue weighted by atomic mass is 10.4. The van der Waals surface area contributed by atoms with Crippen molar-refractivity contribution in [2.24, 2.45) is 15.8 Å². The summed E-state index contributed by atoms with van der Waals surface area (Å²) in [7, 11) is 0. The summed E-state index contributed by atoms with van der Waals surface area (Å²) in [6, 6.07) is 0.274. The quantitative estimate of drug-likeness (QED) is 0.595. The molecule has 0 saturated carbocycles. The molecule has 0 aliphatic carbocycles. The molecule has 0 spiro atoms. The van der Waals surface area contributed by atoms with Gasteiger partial charge in [-0.2, -0.15) is 5.10 Å². The Morgan fingerprint density at radius 3 is 2.73 bits per heavy atom. The summed E-state index contributed by atoms with van der Waals surface area (Å²) in [6.45, 7) is 7.74. The molecule has 4 nitrogen and oxygen atoms in total. The van der Waals surface area contributed by atoms with Gasteiger partial charge < -0.3 is 5.73 Å². The van der Waals surface area contributed by atoms with Crippen LogP contribution in [0.1, 0.15) is 13.8 Å². The molecule has 1 rings (SSSR count). The molecule has 0 bridgehead atoms. The lowest BCUT2D eigenvalue weighted by Crippen LogP contribution is -2.30. The average Bonchev–Trinajstić information content (AvgIpc) is 1.85. The van der Waals surface area contributed by atoms with Crippen molar-refractivity contribution in [1.82, 2.24) is 5.01 Å². The number of nitrogens with two attached hydrogens (primary N) is 1. The molecule has 0 fully saturated rings. The van der Waals surface area contributed by atoms with Crippen LogP contribution in [0.3, 0.4) is 0 Å². The zero-order chi connectivity index (χ0) is 8.43. The first-order chi connectivity index (χ1) is 5.11. The first-order valence-corrected chi connectivity index (χ1v) is 3.47. The van der Waals surface area contributed by atoms with Gasteiger partial charge >= 0.3 is 0 Å². The largest absolute Gasteiger partial charge is 0.382 e. The van der Waals surface area contributed by atoms with Crippen LogP contribution in [0, 0.1) is 0 Å². The van der Waals surface area contributed by atoms with Crippen LogP contribution >= 0.6 is 0 Å². The molecule has 0 unspecified atom stereocenters. The van der Waals surface area contributed by atoms with E-state index in [0.717, 1.165) is 0 Å². The van der Waals surface area contributed by atoms with Gasteiger partial charge in [-0.25, -0.2) is 10.0 Å². The van der Waals surface area contributed by atoms with Crippen LogP contribution in [0.5, 0.6) is 0 Å². The Kier molecular flexibility index (Phi) is 1.94. The van der Waals surface area contributed by atoms with Crippen LogP contribution in [0.15, 0.2) is 22.5 Å². The number of hydrazone groups is 1. The van der Waals surface area contributed by atoms with Crippen LogP contribution in [-0.2, 0) is 0 Å². The van der Waals surface area contributed by atoms with Crippen LogP contribution in [0.25, 0.3) is 0 Å². The third-order valence-electron chi connectivity index (χ3n) is 1.33. The highest BCUT2D eigenvalue weighted by Gasteiger charge is 2.12. The zero-order valence-electron chi connectivity index (χ0n) is 6.78. The molecule has 11 heavy (non-hydrogen) atoms. The summed E-state index contributed by atoms with van der Waals surface area (Å²) in [5.41, 5.74) is 5.40. The second kappa shape index (κ2) is 2.74. The Balaban J connectivity index is 2.77. The lowest BCUT2D eigenvalue weighted by molar-refractivity contribution is 0.296. The number of hydrogen-bond acceptors (Lipinski definition) is 4. The Labute approximate surface area is 66.1 Å². The Hall–Kier alpha value is -1.32. The lowest BCUT2D eigenvalue weighted by Gasteiger charge is -2.24. The predicted octanol–water partition coefficient (Wildman–Crippen LogP) is 0.525. The maximum absolute atomic E-state index is 5.40. The molecule has 0 radical (unpaired) electrons. The van der Waals surface area contributed by atoms with Gasteiger partial charge in [0, 0.05) is 6.04 Å². The SMILES string of the molecule is C=C1N=C(N)C=NN1C(C)C. The fraction of sp³-hybridized carbons (Fsp3) is 0.429. The van der Waals surface area contributed by atoms with Gasteiger partial charge in [-0.1, -0.05) is 6.58 Å². The van der Waals surface area contributed by atoms with E-state index in [2.05, 4.69) is 16.7 Å². The Morgan fingerprint density at radius 1 is 1.64 bits per heavy atom. The number of nitrogens with zero attached hydrogens (tertiary/aromatic N) is 3. The minimum absolute atomic E-state index is 0.274. The van der Waals surface area contributed by atoms with E-state index < -0.39 is 0 Å². The van der Waals surface area contributed by atoms with Crippen molar-refractivity contribution in [3.63, 3.8) is 0 Å². The summed E-state index contributed by atoms with van der Waals surface area (Å²) in [5, 5.41) is 5.76. The van der Waals surface area contributed by atoms with E-state index in [4.69, 9.17) is 5.73 Å². The van der Waals surface area contributed by atoms with Crippen molar-refractivity contribution in [3.05, 3.63) is 12.4 Å². The molecule has 2 N–H and O–H groups in total. The molecule has 0 saturated heterocycles. The van der Waals surface area contributed by atoms with Gasteiger partial charge in [0.05, 0.1) is 6.21 Å². The van der Waals surface area contributed by atoms with Crippen molar-refractivity contribution in [2.75, 3.05) is 0 Å². The molecule has 0 aromatic heterocycles. The van der Waals surface area contributed by atoms with E-state index in [1.54, 1.807) is 5.01 Å². The minimum Gasteiger partial charge on any atom is -0.382 e. The Bertz CT molecular complexity index is 227. The van der Waals surface area contributed by atoms with Gasteiger partial charge in [-0.3, -0.25) is 0 Å². The summed E-state index contributed by atoms with van der Waals surface area (Å²) < 4.78 is 0. The van der Waals surface area contributed by atoms with Crippen molar-refractivity contribution < 1.29 is 0 Å². The number of amidine groups is 1. The molecule has 0 aromatic rings. The van der Waals surface area contributed by atoms with Crippen LogP contribution in [0.2, 0.25) is 0 Å². The first-order valence-electron chi connectivity index (χ1n) is 3.47. The predicted molar refractivity (Wildman–Crippen MR) is 46.2 cm³/mol. The maximum Gasteiger partial charge on any atom is 0.146 e. The van der Waals surface area contributed by atoms with Crippen LogP contribution in [0.4, 0.5) is 0 Å². The number of aliphatic imine (C=N–C) groups is 1. The normalized spacial score (nSPS) is 17.5. The van der Waals surface area contributed by atoms with Crippen molar-refractivity contribution in [3.8, 4) is 0 Å². The zero-order valence-corrected chi connectivity index (χ0v) is 6.78. The van der Waals surface area contributed by atoms with Crippen LogP contribution in [-0.4, -0.2) is 23.1 Å². The number of hydrogen-bond donors (Lipinski definition) is 1. The monoisotopic (exact) mass is 152 g/mol. The molecule has 0 atom stereocenters. The van der Waals surface area contributed by atoms with E-state index in [1.165, 1.54) is 6.21 Å². The third-order valence-corrected chi connectivity index (χ3v) is 1.33. The van der Waals surface area contributed by atoms with Crippen molar-refractivity contribution in [1.29, 1.82) is 0 Å². The molecular weight excluding hydrogens is 140 g/mol. The molecule has 0 amide bonds. The van der Waals surface area contributed by atoms with Crippen molar-refractivity contribution >= 4 is 12.1 Å². The van der Waals surface area contributed by atoms with Gasteiger partial charge in [0.2, 0.25) is 0 Å². The summed E-state index contributed by atoms with van der Waals surface area (Å²) in [5.74, 6) is 1.01. The molecule has 4 heteroatoms. The molecule has 0 aromatic carbocycles. The average molecular weight is 152 g/mol. The fourth-order valence-electron chi connectivity index (χ4n) is 0.848. The highest BCUT2D eigenvalue weighted by molar-refractivity contribution is 6.29. The van der Waals surface area contributed by atoms with E-state index in [0.29, 0.717) is 11.7 Å². The highest BCUT2D eigenvalue weighted by atomic mass is 15.5. The van der Waals surface area contributed by atoms with Crippen LogP contribution < -0.4 is 5.73 Å². The molecule has 60 valence electrons. The van der Waals surface area contributed by atoms with E-state index >= 15 is 0 Å². The van der Waals surface area contributed by atoms with E-state index in [-0.39, 0.29) is 6.04 Å². The Morgan fingerprint density at radius 2 is 2.27 bits per heavy atom. The summed E-state index contributed by atoms with van der Waals surface area (Å²) in [4.78, 5) is 3.96. The van der Waals surface area contributed by atoms with E-state index in [9.17, 15) is 0 Å². The summed E-state index contributed by atoms with van der Waals surface area (Å²) in [6.07, 6.45) is 1.52. The standard InChI is InChI=1S/C7H12N4/c1-5(2)11-6(3)10-7(8)4-9-11/h4-5H,3H2,1-2H3,(H2,8,10). The van der Waals surface area contributed by atoms with Gasteiger partial charge in [0.15, 0.2) is 0 Å². The van der Waals surface area contributed by atoms with Gasteiger partial charge in [-0.15, -0.1) is 0 Å². The topological polar surface area (TPSA) is 54.0 Å². The minimum atomic E-state index is 0.274. The molecular formula is C7H12N4. The van der Waals surface area contributed by atoms with E-state index in [1.807, 2.05) is 13.8 Å². The number of rotatable bonds is 1. The molecule has 1 heterocycles. The van der Waals surface area contributed by atoms with Gasteiger partial charge in [0.25, 0.3) is 0 Å². The second-order valence-corrected chi connectivity index (χ2v) is 2.64. The van der Waals surface area contributed by atoms with Crippen molar-refractivity contribution in [2.45, 2.75) is 19.9 Å². The fourth-order valence-corrected chi connectivity index (χ4v) is 0.848. The smallest absolute Gasteiger partial charge is 0.146 e. The third kappa shape index (κ3) is 1.58. The highest BCUT2D eigenvalue weighted by Crippen LogP contribution is 2.11. The van der Waals surface area contributed by atoms with Gasteiger partial charge in [0.1, 0.15) is 11.7 Å². The maximum atomic E-state index is 5.40. The molecule has 1 aliphatic rings. The van der Waals surface area contributed by atoms with Gasteiger partial charge in [-0.05, 0) is 13.8 Å². The second-order valence-electron chi connectivity index (χ2n) is 2.64. The first kappa shape index (κ1) is 7.78. The molecule has 1 aliphatic heterocycles.